The van der Waals surface area contributed by atoms with E-state index in [2.05, 4.69) is 5.32 Å². The molecule has 98 valence electrons. The molecule has 0 aromatic heterocycles. The number of nitrogens with one attached hydrogen (secondary N) is 1. The highest BCUT2D eigenvalue weighted by molar-refractivity contribution is 6.06. The minimum absolute atomic E-state index is 0.338. The first-order valence-corrected chi connectivity index (χ1v) is 5.61. The SMILES string of the molecule is Cc1cccc(N)c1NC(=O)c1c(F)cccc1F. The number of hydrogen-bond donors (Lipinski definition) is 2. The van der Waals surface area contributed by atoms with Gasteiger partial charge in [0.15, 0.2) is 0 Å². The summed E-state index contributed by atoms with van der Waals surface area (Å²) < 4.78 is 26.9. The normalized spacial score (nSPS) is 10.3. The fourth-order valence-corrected chi connectivity index (χ4v) is 1.75. The number of anilines is 2. The van der Waals surface area contributed by atoms with E-state index >= 15 is 0 Å². The van der Waals surface area contributed by atoms with Crippen LogP contribution in [0.1, 0.15) is 15.9 Å². The number of aryl methyl sites for hydroxylation is 1. The predicted molar refractivity (Wildman–Crippen MR) is 69.9 cm³/mol. The molecule has 0 radical (unpaired) electrons. The van der Waals surface area contributed by atoms with Crippen LogP contribution in [-0.4, -0.2) is 5.91 Å². The molecule has 0 heterocycles. The molecule has 1 amide bonds. The Morgan fingerprint density at radius 2 is 1.68 bits per heavy atom. The molecule has 0 spiro atoms. The largest absolute Gasteiger partial charge is 0.397 e. The molecule has 0 aliphatic heterocycles. The van der Waals surface area contributed by atoms with E-state index in [1.165, 1.54) is 6.07 Å². The second-order valence-electron chi connectivity index (χ2n) is 4.09. The zero-order chi connectivity index (χ0) is 14.0. The molecule has 0 saturated heterocycles. The lowest BCUT2D eigenvalue weighted by Gasteiger charge is -2.11. The average molecular weight is 262 g/mol. The van der Waals surface area contributed by atoms with Crippen molar-refractivity contribution in [2.45, 2.75) is 6.92 Å². The van der Waals surface area contributed by atoms with Gasteiger partial charge >= 0.3 is 0 Å². The number of carbonyl (C=O) groups excluding carboxylic acids is 1. The van der Waals surface area contributed by atoms with Gasteiger partial charge in [-0.15, -0.1) is 0 Å². The van der Waals surface area contributed by atoms with E-state index in [1.54, 1.807) is 25.1 Å². The molecule has 0 bridgehead atoms. The molecule has 19 heavy (non-hydrogen) atoms. The second kappa shape index (κ2) is 5.06. The van der Waals surface area contributed by atoms with Crippen molar-refractivity contribution >= 4 is 17.3 Å². The first-order valence-electron chi connectivity index (χ1n) is 5.61. The van der Waals surface area contributed by atoms with Gasteiger partial charge in [-0.05, 0) is 30.7 Å². The van der Waals surface area contributed by atoms with Crippen LogP contribution in [0.4, 0.5) is 20.2 Å². The molecule has 0 atom stereocenters. The van der Waals surface area contributed by atoms with Crippen molar-refractivity contribution in [1.82, 2.24) is 0 Å². The number of amides is 1. The minimum Gasteiger partial charge on any atom is -0.397 e. The van der Waals surface area contributed by atoms with Crippen LogP contribution in [0.25, 0.3) is 0 Å². The quantitative estimate of drug-likeness (QED) is 0.817. The van der Waals surface area contributed by atoms with Crippen molar-refractivity contribution in [2.75, 3.05) is 11.1 Å². The van der Waals surface area contributed by atoms with Gasteiger partial charge in [-0.2, -0.15) is 0 Å². The Hall–Kier alpha value is -2.43. The van der Waals surface area contributed by atoms with Gasteiger partial charge in [0.25, 0.3) is 5.91 Å². The molecular weight excluding hydrogens is 250 g/mol. The monoisotopic (exact) mass is 262 g/mol. The van der Waals surface area contributed by atoms with E-state index < -0.39 is 23.1 Å². The molecule has 0 unspecified atom stereocenters. The van der Waals surface area contributed by atoms with Gasteiger partial charge in [0.05, 0.1) is 11.4 Å². The van der Waals surface area contributed by atoms with Gasteiger partial charge in [0.2, 0.25) is 0 Å². The summed E-state index contributed by atoms with van der Waals surface area (Å²) in [6.45, 7) is 1.74. The Balaban J connectivity index is 2.37. The average Bonchev–Trinajstić information content (AvgIpc) is 2.34. The second-order valence-corrected chi connectivity index (χ2v) is 4.09. The van der Waals surface area contributed by atoms with Crippen LogP contribution >= 0.6 is 0 Å². The van der Waals surface area contributed by atoms with Gasteiger partial charge in [-0.25, -0.2) is 8.78 Å². The van der Waals surface area contributed by atoms with Crippen molar-refractivity contribution in [3.05, 3.63) is 59.2 Å². The standard InChI is InChI=1S/C14H12F2N2O/c1-8-4-2-7-11(17)13(8)18-14(19)12-9(15)5-3-6-10(12)16/h2-7H,17H2,1H3,(H,18,19). The summed E-state index contributed by atoms with van der Waals surface area (Å²) in [5, 5.41) is 2.43. The van der Waals surface area contributed by atoms with Crippen molar-refractivity contribution in [3.8, 4) is 0 Å². The Morgan fingerprint density at radius 3 is 2.26 bits per heavy atom. The van der Waals surface area contributed by atoms with E-state index in [9.17, 15) is 13.6 Å². The third-order valence-corrected chi connectivity index (χ3v) is 2.73. The number of nitrogen functional groups attached to an aromatic ring is 1. The maximum atomic E-state index is 13.5. The maximum absolute atomic E-state index is 13.5. The van der Waals surface area contributed by atoms with E-state index in [-0.39, 0.29) is 0 Å². The summed E-state index contributed by atoms with van der Waals surface area (Å²) in [7, 11) is 0. The molecule has 3 nitrogen and oxygen atoms in total. The predicted octanol–water partition coefficient (Wildman–Crippen LogP) is 3.11. The van der Waals surface area contributed by atoms with E-state index in [0.717, 1.165) is 12.1 Å². The lowest BCUT2D eigenvalue weighted by Crippen LogP contribution is -2.17. The third kappa shape index (κ3) is 2.54. The van der Waals surface area contributed by atoms with Crippen molar-refractivity contribution in [3.63, 3.8) is 0 Å². The lowest BCUT2D eigenvalue weighted by atomic mass is 10.1. The van der Waals surface area contributed by atoms with Gasteiger partial charge in [0.1, 0.15) is 17.2 Å². The van der Waals surface area contributed by atoms with Gasteiger partial charge < -0.3 is 11.1 Å². The number of nitrogens with two attached hydrogens (primary N) is 1. The van der Waals surface area contributed by atoms with E-state index in [1.807, 2.05) is 0 Å². The zero-order valence-corrected chi connectivity index (χ0v) is 10.2. The summed E-state index contributed by atoms with van der Waals surface area (Å²) in [6.07, 6.45) is 0. The summed E-state index contributed by atoms with van der Waals surface area (Å²) in [6, 6.07) is 8.32. The fourth-order valence-electron chi connectivity index (χ4n) is 1.75. The highest BCUT2D eigenvalue weighted by atomic mass is 19.1. The van der Waals surface area contributed by atoms with Crippen LogP contribution in [0.2, 0.25) is 0 Å². The van der Waals surface area contributed by atoms with Crippen molar-refractivity contribution in [1.29, 1.82) is 0 Å². The summed E-state index contributed by atoms with van der Waals surface area (Å²) in [5.41, 5.74) is 6.51. The number of rotatable bonds is 2. The molecule has 5 heteroatoms. The third-order valence-electron chi connectivity index (χ3n) is 2.73. The molecule has 0 saturated carbocycles. The summed E-state index contributed by atoms with van der Waals surface area (Å²) in [4.78, 5) is 11.9. The molecule has 3 N–H and O–H groups in total. The Labute approximate surface area is 109 Å². The smallest absolute Gasteiger partial charge is 0.261 e. The number of benzene rings is 2. The van der Waals surface area contributed by atoms with E-state index in [4.69, 9.17) is 5.73 Å². The molecule has 2 rings (SSSR count). The molecule has 2 aromatic carbocycles. The minimum atomic E-state index is -0.912. The summed E-state index contributed by atoms with van der Waals surface area (Å²) in [5.74, 6) is -2.69. The van der Waals surface area contributed by atoms with Crippen molar-refractivity contribution in [2.24, 2.45) is 0 Å². The Bertz CT molecular complexity index is 601. The number of carbonyl (C=O) groups is 1. The molecule has 2 aromatic rings. The van der Waals surface area contributed by atoms with Gasteiger partial charge in [0, 0.05) is 0 Å². The molecule has 0 aliphatic rings. The first kappa shape index (κ1) is 13.0. The van der Waals surface area contributed by atoms with Crippen LogP contribution in [-0.2, 0) is 0 Å². The van der Waals surface area contributed by atoms with Gasteiger partial charge in [-0.3, -0.25) is 4.79 Å². The van der Waals surface area contributed by atoms with Crippen LogP contribution in [0.5, 0.6) is 0 Å². The molecule has 0 fully saturated rings. The Morgan fingerprint density at radius 1 is 1.11 bits per heavy atom. The van der Waals surface area contributed by atoms with Gasteiger partial charge in [-0.1, -0.05) is 18.2 Å². The number of halogens is 2. The molecular formula is C14H12F2N2O. The van der Waals surface area contributed by atoms with Crippen LogP contribution < -0.4 is 11.1 Å². The summed E-state index contributed by atoms with van der Waals surface area (Å²) >= 11 is 0. The highest BCUT2D eigenvalue weighted by Gasteiger charge is 2.18. The number of para-hydroxylation sites is 1. The van der Waals surface area contributed by atoms with E-state index in [0.29, 0.717) is 16.9 Å². The fraction of sp³-hybridized carbons (Fsp3) is 0.0714. The number of hydrogen-bond acceptors (Lipinski definition) is 2. The highest BCUT2D eigenvalue weighted by Crippen LogP contribution is 2.24. The van der Waals surface area contributed by atoms with Crippen LogP contribution in [0.3, 0.4) is 0 Å². The maximum Gasteiger partial charge on any atom is 0.261 e. The van der Waals surface area contributed by atoms with Crippen molar-refractivity contribution < 1.29 is 13.6 Å². The van der Waals surface area contributed by atoms with Crippen LogP contribution in [0.15, 0.2) is 36.4 Å². The topological polar surface area (TPSA) is 55.1 Å². The van der Waals surface area contributed by atoms with Crippen LogP contribution in [0, 0.1) is 18.6 Å². The zero-order valence-electron chi connectivity index (χ0n) is 10.2. The Kier molecular flexibility index (Phi) is 3.46. The lowest BCUT2D eigenvalue weighted by molar-refractivity contribution is 0.101. The molecule has 0 aliphatic carbocycles. The first-order chi connectivity index (χ1) is 9.00.